The van der Waals surface area contributed by atoms with Crippen molar-refractivity contribution in [1.82, 2.24) is 0 Å². The molecule has 0 saturated heterocycles. The van der Waals surface area contributed by atoms with E-state index in [1.807, 2.05) is 51.1 Å². The Kier molecular flexibility index (Phi) is 4.84. The Morgan fingerprint density at radius 3 is 2.50 bits per heavy atom. The summed E-state index contributed by atoms with van der Waals surface area (Å²) in [6.45, 7) is 6.52. The minimum Gasteiger partial charge on any atom is -0.490 e. The fraction of sp³-hybridized carbons (Fsp3) is 0.300. The van der Waals surface area contributed by atoms with Gasteiger partial charge in [-0.2, -0.15) is 0 Å². The van der Waals surface area contributed by atoms with Crippen molar-refractivity contribution in [3.8, 4) is 5.75 Å². The van der Waals surface area contributed by atoms with Gasteiger partial charge in [-0.15, -0.1) is 0 Å². The van der Waals surface area contributed by atoms with Crippen molar-refractivity contribution in [2.75, 3.05) is 28.7 Å². The SMILES string of the molecule is CCN1C(=O)C(C)(C)COc2cc(NC(=O)Nc3ccccc3)ccc21. The fourth-order valence-corrected chi connectivity index (χ4v) is 2.85. The van der Waals surface area contributed by atoms with E-state index in [4.69, 9.17) is 4.74 Å². The highest BCUT2D eigenvalue weighted by molar-refractivity contribution is 6.02. The third kappa shape index (κ3) is 3.64. The van der Waals surface area contributed by atoms with Crippen LogP contribution in [0.1, 0.15) is 20.8 Å². The first-order chi connectivity index (χ1) is 12.4. The number of nitrogens with zero attached hydrogens (tertiary/aromatic N) is 1. The van der Waals surface area contributed by atoms with E-state index in [1.165, 1.54) is 0 Å². The summed E-state index contributed by atoms with van der Waals surface area (Å²) < 4.78 is 5.87. The summed E-state index contributed by atoms with van der Waals surface area (Å²) in [7, 11) is 0. The highest BCUT2D eigenvalue weighted by atomic mass is 16.5. The number of carbonyl (C=O) groups excluding carboxylic acids is 2. The molecule has 1 heterocycles. The van der Waals surface area contributed by atoms with Crippen LogP contribution in [0.2, 0.25) is 0 Å². The number of para-hydroxylation sites is 1. The molecule has 26 heavy (non-hydrogen) atoms. The first kappa shape index (κ1) is 17.8. The number of nitrogens with one attached hydrogen (secondary N) is 2. The number of rotatable bonds is 3. The summed E-state index contributed by atoms with van der Waals surface area (Å²) in [5.74, 6) is 0.615. The summed E-state index contributed by atoms with van der Waals surface area (Å²) in [6.07, 6.45) is 0. The van der Waals surface area contributed by atoms with E-state index in [0.717, 1.165) is 5.69 Å². The van der Waals surface area contributed by atoms with Crippen LogP contribution in [0, 0.1) is 5.41 Å². The number of amides is 3. The molecule has 0 fully saturated rings. The minimum absolute atomic E-state index is 0.0290. The van der Waals surface area contributed by atoms with Gasteiger partial charge in [-0.25, -0.2) is 4.79 Å². The molecule has 2 aromatic rings. The summed E-state index contributed by atoms with van der Waals surface area (Å²) in [5.41, 5.74) is 1.42. The molecule has 0 bridgehead atoms. The number of hydrogen-bond donors (Lipinski definition) is 2. The molecule has 1 aliphatic heterocycles. The van der Waals surface area contributed by atoms with Crippen LogP contribution in [-0.4, -0.2) is 25.1 Å². The van der Waals surface area contributed by atoms with Crippen molar-refractivity contribution in [1.29, 1.82) is 0 Å². The molecule has 0 saturated carbocycles. The maximum absolute atomic E-state index is 12.7. The minimum atomic E-state index is -0.604. The number of carbonyl (C=O) groups is 2. The predicted molar refractivity (Wildman–Crippen MR) is 103 cm³/mol. The molecule has 1 aliphatic rings. The number of benzene rings is 2. The zero-order valence-electron chi connectivity index (χ0n) is 15.2. The molecule has 6 heteroatoms. The van der Waals surface area contributed by atoms with Crippen molar-refractivity contribution in [2.24, 2.45) is 5.41 Å². The Morgan fingerprint density at radius 1 is 1.12 bits per heavy atom. The third-order valence-electron chi connectivity index (χ3n) is 4.27. The number of fused-ring (bicyclic) bond motifs is 1. The van der Waals surface area contributed by atoms with Gasteiger partial charge in [-0.3, -0.25) is 4.79 Å². The van der Waals surface area contributed by atoms with E-state index in [0.29, 0.717) is 23.7 Å². The largest absolute Gasteiger partial charge is 0.490 e. The summed E-state index contributed by atoms with van der Waals surface area (Å²) >= 11 is 0. The number of hydrogen-bond acceptors (Lipinski definition) is 3. The Labute approximate surface area is 153 Å². The molecule has 0 radical (unpaired) electrons. The van der Waals surface area contributed by atoms with E-state index in [1.54, 1.807) is 23.1 Å². The number of ether oxygens (including phenoxy) is 1. The van der Waals surface area contributed by atoms with Crippen LogP contribution in [0.5, 0.6) is 5.75 Å². The van der Waals surface area contributed by atoms with Gasteiger partial charge < -0.3 is 20.3 Å². The van der Waals surface area contributed by atoms with Gasteiger partial charge in [0.25, 0.3) is 0 Å². The van der Waals surface area contributed by atoms with Crippen LogP contribution < -0.4 is 20.3 Å². The van der Waals surface area contributed by atoms with Crippen LogP contribution in [-0.2, 0) is 4.79 Å². The van der Waals surface area contributed by atoms with Gasteiger partial charge in [0.1, 0.15) is 12.4 Å². The molecule has 2 N–H and O–H groups in total. The van der Waals surface area contributed by atoms with Gasteiger partial charge in [0.05, 0.1) is 11.1 Å². The fourth-order valence-electron chi connectivity index (χ4n) is 2.85. The summed E-state index contributed by atoms with van der Waals surface area (Å²) in [5, 5.41) is 5.56. The molecule has 0 unspecified atom stereocenters. The summed E-state index contributed by atoms with van der Waals surface area (Å²) in [6, 6.07) is 14.2. The topological polar surface area (TPSA) is 70.7 Å². The van der Waals surface area contributed by atoms with Gasteiger partial charge in [0, 0.05) is 24.0 Å². The van der Waals surface area contributed by atoms with Crippen molar-refractivity contribution >= 4 is 29.0 Å². The van der Waals surface area contributed by atoms with E-state index in [-0.39, 0.29) is 18.5 Å². The quantitative estimate of drug-likeness (QED) is 0.873. The smallest absolute Gasteiger partial charge is 0.323 e. The molecule has 0 atom stereocenters. The van der Waals surface area contributed by atoms with Gasteiger partial charge in [-0.1, -0.05) is 18.2 Å². The zero-order chi connectivity index (χ0) is 18.7. The Bertz CT molecular complexity index is 818. The van der Waals surface area contributed by atoms with E-state index in [9.17, 15) is 9.59 Å². The average Bonchev–Trinajstić information content (AvgIpc) is 2.71. The van der Waals surface area contributed by atoms with Gasteiger partial charge in [0.2, 0.25) is 5.91 Å². The molecule has 0 aliphatic carbocycles. The lowest BCUT2D eigenvalue weighted by atomic mass is 9.93. The van der Waals surface area contributed by atoms with Crippen molar-refractivity contribution in [3.05, 3.63) is 48.5 Å². The second kappa shape index (κ2) is 7.07. The molecular weight excluding hydrogens is 330 g/mol. The lowest BCUT2D eigenvalue weighted by molar-refractivity contribution is -0.127. The van der Waals surface area contributed by atoms with Crippen molar-refractivity contribution in [2.45, 2.75) is 20.8 Å². The Morgan fingerprint density at radius 2 is 1.81 bits per heavy atom. The van der Waals surface area contributed by atoms with E-state index < -0.39 is 5.41 Å². The lowest BCUT2D eigenvalue weighted by Gasteiger charge is -2.26. The summed E-state index contributed by atoms with van der Waals surface area (Å²) in [4.78, 5) is 26.6. The standard InChI is InChI=1S/C20H23N3O3/c1-4-23-16-11-10-15(12-17(16)26-13-20(2,3)18(23)24)22-19(25)21-14-8-6-5-7-9-14/h5-12H,4,13H2,1-3H3,(H2,21,22,25). The van der Waals surface area contributed by atoms with Gasteiger partial charge >= 0.3 is 6.03 Å². The molecule has 0 spiro atoms. The molecule has 3 rings (SSSR count). The van der Waals surface area contributed by atoms with Crippen LogP contribution in [0.25, 0.3) is 0 Å². The molecule has 2 aromatic carbocycles. The molecule has 0 aromatic heterocycles. The average molecular weight is 353 g/mol. The van der Waals surface area contributed by atoms with Gasteiger partial charge in [0.15, 0.2) is 0 Å². The van der Waals surface area contributed by atoms with Crippen molar-refractivity contribution in [3.63, 3.8) is 0 Å². The number of anilines is 3. The molecular formula is C20H23N3O3. The van der Waals surface area contributed by atoms with Crippen LogP contribution in [0.3, 0.4) is 0 Å². The highest BCUT2D eigenvalue weighted by Crippen LogP contribution is 2.38. The first-order valence-corrected chi connectivity index (χ1v) is 8.62. The van der Waals surface area contributed by atoms with E-state index in [2.05, 4.69) is 10.6 Å². The maximum Gasteiger partial charge on any atom is 0.323 e. The van der Waals surface area contributed by atoms with Gasteiger partial charge in [-0.05, 0) is 45.0 Å². The second-order valence-electron chi connectivity index (χ2n) is 6.85. The second-order valence-corrected chi connectivity index (χ2v) is 6.85. The monoisotopic (exact) mass is 353 g/mol. The third-order valence-corrected chi connectivity index (χ3v) is 4.27. The van der Waals surface area contributed by atoms with E-state index >= 15 is 0 Å². The molecule has 3 amide bonds. The normalized spacial score (nSPS) is 15.5. The highest BCUT2D eigenvalue weighted by Gasteiger charge is 2.37. The van der Waals surface area contributed by atoms with Crippen molar-refractivity contribution < 1.29 is 14.3 Å². The Balaban J connectivity index is 1.79. The predicted octanol–water partition coefficient (Wildman–Crippen LogP) is 4.10. The number of urea groups is 1. The van der Waals surface area contributed by atoms with Crippen LogP contribution >= 0.6 is 0 Å². The van der Waals surface area contributed by atoms with Crippen LogP contribution in [0.4, 0.5) is 21.9 Å². The molecule has 136 valence electrons. The maximum atomic E-state index is 12.7. The molecule has 6 nitrogen and oxygen atoms in total. The van der Waals surface area contributed by atoms with Crippen LogP contribution in [0.15, 0.2) is 48.5 Å². The Hall–Kier alpha value is -3.02. The lowest BCUT2D eigenvalue weighted by Crippen LogP contribution is -2.42. The first-order valence-electron chi connectivity index (χ1n) is 8.62. The zero-order valence-corrected chi connectivity index (χ0v) is 15.2.